The number of rotatable bonds is 6. The molecule has 1 rings (SSSR count). The minimum atomic E-state index is 0.806. The highest BCUT2D eigenvalue weighted by molar-refractivity contribution is 7.80. The van der Waals surface area contributed by atoms with Crippen LogP contribution in [0.1, 0.15) is 39.5 Å². The van der Waals surface area contributed by atoms with E-state index in [2.05, 4.69) is 24.5 Å². The lowest BCUT2D eigenvalue weighted by molar-refractivity contribution is -0.909. The van der Waals surface area contributed by atoms with Crippen LogP contribution < -0.4 is 15.5 Å². The largest absolute Gasteiger partial charge is 0.316 e. The topological polar surface area (TPSA) is 28.5 Å². The minimum Gasteiger partial charge on any atom is -0.316 e. The number of unbranched alkanes of at least 4 members (excludes halogenated alkanes) is 1. The van der Waals surface area contributed by atoms with Gasteiger partial charge in [-0.2, -0.15) is 0 Å². The summed E-state index contributed by atoms with van der Waals surface area (Å²) in [6, 6.07) is 0. The zero-order chi connectivity index (χ0) is 11.1. The van der Waals surface area contributed by atoms with Gasteiger partial charge in [0.2, 0.25) is 0 Å². The molecule has 0 bridgehead atoms. The van der Waals surface area contributed by atoms with Crippen molar-refractivity contribution in [3.8, 4) is 0 Å². The molecular formula is C11H24N3S+. The van der Waals surface area contributed by atoms with E-state index in [1.807, 2.05) is 0 Å². The molecule has 0 aliphatic carbocycles. The van der Waals surface area contributed by atoms with Gasteiger partial charge in [0.25, 0.3) is 0 Å². The van der Waals surface area contributed by atoms with Gasteiger partial charge in [0, 0.05) is 5.92 Å². The first-order chi connectivity index (χ1) is 7.26. The molecule has 1 aliphatic heterocycles. The molecule has 1 aliphatic rings. The van der Waals surface area contributed by atoms with E-state index >= 15 is 0 Å². The molecule has 4 heteroatoms. The van der Waals surface area contributed by atoms with Gasteiger partial charge in [-0.15, -0.1) is 0 Å². The zero-order valence-corrected chi connectivity index (χ0v) is 10.8. The maximum absolute atomic E-state index is 5.04. The van der Waals surface area contributed by atoms with Crippen molar-refractivity contribution in [2.24, 2.45) is 5.92 Å². The van der Waals surface area contributed by atoms with Gasteiger partial charge in [-0.3, -0.25) is 0 Å². The van der Waals surface area contributed by atoms with E-state index < -0.39 is 0 Å². The number of quaternary nitrogens is 1. The number of hydrogen-bond donors (Lipinski definition) is 3. The van der Waals surface area contributed by atoms with Crippen molar-refractivity contribution in [2.45, 2.75) is 39.5 Å². The average Bonchev–Trinajstić information content (AvgIpc) is 2.27. The second-order valence-corrected chi connectivity index (χ2v) is 4.82. The molecule has 0 aromatic heterocycles. The second-order valence-electron chi connectivity index (χ2n) is 4.41. The normalized spacial score (nSPS) is 19.5. The van der Waals surface area contributed by atoms with Gasteiger partial charge < -0.3 is 15.5 Å². The van der Waals surface area contributed by atoms with Crippen LogP contribution in [0.5, 0.6) is 0 Å². The third-order valence-corrected chi connectivity index (χ3v) is 3.41. The van der Waals surface area contributed by atoms with Crippen LogP contribution in [-0.2, 0) is 0 Å². The van der Waals surface area contributed by atoms with Crippen molar-refractivity contribution < 1.29 is 4.90 Å². The van der Waals surface area contributed by atoms with E-state index in [1.165, 1.54) is 32.2 Å². The molecule has 3 nitrogen and oxygen atoms in total. The highest BCUT2D eigenvalue weighted by Crippen LogP contribution is 2.09. The van der Waals surface area contributed by atoms with E-state index in [0.29, 0.717) is 0 Å². The summed E-state index contributed by atoms with van der Waals surface area (Å²) in [6.07, 6.45) is 5.35. The molecule has 0 unspecified atom stereocenters. The predicted molar refractivity (Wildman–Crippen MR) is 67.7 cm³/mol. The summed E-state index contributed by atoms with van der Waals surface area (Å²) in [5.74, 6) is 0.871. The number of nitrogens with one attached hydrogen (secondary N) is 3. The van der Waals surface area contributed by atoms with Crippen molar-refractivity contribution in [1.29, 1.82) is 0 Å². The van der Waals surface area contributed by atoms with Crippen molar-refractivity contribution in [3.05, 3.63) is 0 Å². The highest BCUT2D eigenvalue weighted by atomic mass is 32.1. The van der Waals surface area contributed by atoms with Gasteiger partial charge >= 0.3 is 0 Å². The first-order valence-electron chi connectivity index (χ1n) is 6.11. The van der Waals surface area contributed by atoms with Crippen LogP contribution in [-0.4, -0.2) is 25.0 Å². The molecule has 1 atom stereocenters. The highest BCUT2D eigenvalue weighted by Gasteiger charge is 2.18. The summed E-state index contributed by atoms with van der Waals surface area (Å²) in [7, 11) is 0. The molecule has 0 aromatic rings. The van der Waals surface area contributed by atoms with Crippen LogP contribution in [0.2, 0.25) is 0 Å². The Hall–Kier alpha value is -0.350. The summed E-state index contributed by atoms with van der Waals surface area (Å²) in [5.41, 5.74) is 0. The Labute approximate surface area is 98.6 Å². The molecule has 0 radical (unpaired) electrons. The molecule has 3 N–H and O–H groups in total. The van der Waals surface area contributed by atoms with E-state index in [1.54, 1.807) is 4.90 Å². The SMILES string of the molecule is CCCC[C@@H](CC)C[NH+]1CNC(=S)NC1. The Kier molecular flexibility index (Phi) is 5.95. The average molecular weight is 230 g/mol. The summed E-state index contributed by atoms with van der Waals surface area (Å²) in [4.78, 5) is 1.58. The fourth-order valence-corrected chi connectivity index (χ4v) is 2.18. The Morgan fingerprint density at radius 1 is 1.33 bits per heavy atom. The van der Waals surface area contributed by atoms with Gasteiger partial charge in [-0.25, -0.2) is 0 Å². The van der Waals surface area contributed by atoms with Crippen molar-refractivity contribution in [2.75, 3.05) is 19.9 Å². The first kappa shape index (κ1) is 12.7. The minimum absolute atomic E-state index is 0.806. The Bertz CT molecular complexity index is 186. The second kappa shape index (κ2) is 7.01. The number of hydrogen-bond acceptors (Lipinski definition) is 1. The molecule has 0 saturated carbocycles. The van der Waals surface area contributed by atoms with Crippen molar-refractivity contribution in [3.63, 3.8) is 0 Å². The fourth-order valence-electron chi connectivity index (χ4n) is 2.03. The summed E-state index contributed by atoms with van der Waals surface area (Å²) in [6.45, 7) is 7.79. The monoisotopic (exact) mass is 230 g/mol. The maximum atomic E-state index is 5.04. The molecule has 0 spiro atoms. The molecule has 0 aromatic carbocycles. The van der Waals surface area contributed by atoms with Crippen molar-refractivity contribution in [1.82, 2.24) is 10.6 Å². The maximum Gasteiger partial charge on any atom is 0.174 e. The van der Waals surface area contributed by atoms with Crippen LogP contribution in [0.15, 0.2) is 0 Å². The van der Waals surface area contributed by atoms with Crippen molar-refractivity contribution >= 4 is 17.3 Å². The quantitative estimate of drug-likeness (QED) is 0.580. The molecule has 15 heavy (non-hydrogen) atoms. The molecule has 88 valence electrons. The molecule has 0 amide bonds. The molecule has 1 saturated heterocycles. The Balaban J connectivity index is 2.22. The summed E-state index contributed by atoms with van der Waals surface area (Å²) < 4.78 is 0. The first-order valence-corrected chi connectivity index (χ1v) is 6.52. The Morgan fingerprint density at radius 3 is 2.53 bits per heavy atom. The van der Waals surface area contributed by atoms with Gasteiger partial charge in [0.15, 0.2) is 18.4 Å². The van der Waals surface area contributed by atoms with Gasteiger partial charge in [0.05, 0.1) is 6.54 Å². The van der Waals surface area contributed by atoms with E-state index in [4.69, 9.17) is 12.2 Å². The summed E-state index contributed by atoms with van der Waals surface area (Å²) >= 11 is 5.04. The number of thiocarbonyl (C=S) groups is 1. The van der Waals surface area contributed by atoms with Crippen LogP contribution >= 0.6 is 12.2 Å². The van der Waals surface area contributed by atoms with Crippen LogP contribution in [0, 0.1) is 5.92 Å². The lowest BCUT2D eigenvalue weighted by Crippen LogP contribution is -3.17. The molecule has 1 heterocycles. The molecular weight excluding hydrogens is 206 g/mol. The van der Waals surface area contributed by atoms with Crippen LogP contribution in [0.25, 0.3) is 0 Å². The zero-order valence-electron chi connectivity index (χ0n) is 9.94. The lowest BCUT2D eigenvalue weighted by atomic mass is 9.99. The third-order valence-electron chi connectivity index (χ3n) is 3.12. The van der Waals surface area contributed by atoms with E-state index in [-0.39, 0.29) is 0 Å². The standard InChI is InChI=1S/C11H23N3S/c1-3-5-6-10(4-2)7-14-8-12-11(15)13-9-14/h10H,3-9H2,1-2H3,(H2,12,13,15)/p+1/t10-/m1/s1. The van der Waals surface area contributed by atoms with E-state index in [0.717, 1.165) is 24.4 Å². The van der Waals surface area contributed by atoms with Gasteiger partial charge in [-0.1, -0.05) is 26.7 Å². The van der Waals surface area contributed by atoms with Crippen LogP contribution in [0.4, 0.5) is 0 Å². The van der Waals surface area contributed by atoms with Gasteiger partial charge in [-0.05, 0) is 25.1 Å². The van der Waals surface area contributed by atoms with Gasteiger partial charge in [0.1, 0.15) is 0 Å². The fraction of sp³-hybridized carbons (Fsp3) is 0.909. The third kappa shape index (κ3) is 4.80. The summed E-state index contributed by atoms with van der Waals surface area (Å²) in [5, 5.41) is 7.21. The lowest BCUT2D eigenvalue weighted by Gasteiger charge is -2.29. The predicted octanol–water partition coefficient (Wildman–Crippen LogP) is 0.480. The van der Waals surface area contributed by atoms with E-state index in [9.17, 15) is 0 Å². The smallest absolute Gasteiger partial charge is 0.174 e. The molecule has 1 fully saturated rings. The Morgan fingerprint density at radius 2 is 2.00 bits per heavy atom. The van der Waals surface area contributed by atoms with Crippen LogP contribution in [0.3, 0.4) is 0 Å².